The molecule has 3 aromatic rings. The number of para-hydroxylation sites is 2. The quantitative estimate of drug-likeness (QED) is 0.760. The number of hydrogen-bond donors (Lipinski definition) is 2. The van der Waals surface area contributed by atoms with Crippen LogP contribution in [0.2, 0.25) is 0 Å². The summed E-state index contributed by atoms with van der Waals surface area (Å²) in [4.78, 5) is 16.0. The van der Waals surface area contributed by atoms with Gasteiger partial charge in [-0.25, -0.2) is 19.9 Å². The van der Waals surface area contributed by atoms with Crippen LogP contribution in [-0.4, -0.2) is 20.8 Å². The van der Waals surface area contributed by atoms with E-state index >= 15 is 0 Å². The number of fused-ring (bicyclic) bond motifs is 1. The van der Waals surface area contributed by atoms with Gasteiger partial charge in [-0.3, -0.25) is 0 Å². The van der Waals surface area contributed by atoms with Crippen molar-refractivity contribution in [3.8, 4) is 0 Å². The lowest BCUT2D eigenvalue weighted by Crippen LogP contribution is -2.33. The molecule has 2 amide bonds. The molecular weight excluding hydrogens is 258 g/mol. The number of benzene rings is 1. The predicted molar refractivity (Wildman–Crippen MR) is 72.6 cm³/mol. The summed E-state index contributed by atoms with van der Waals surface area (Å²) in [6.45, 7) is 2.10. The van der Waals surface area contributed by atoms with E-state index in [-0.39, 0.29) is 6.03 Å². The zero-order valence-corrected chi connectivity index (χ0v) is 10.8. The molecule has 0 atom stereocenters. The van der Waals surface area contributed by atoms with Gasteiger partial charge in [0.1, 0.15) is 17.8 Å². The topological polar surface area (TPSA) is 85.0 Å². The first kappa shape index (κ1) is 12.2. The highest BCUT2D eigenvalue weighted by atomic mass is 16.5. The minimum absolute atomic E-state index is 0.301. The molecule has 2 aromatic heterocycles. The van der Waals surface area contributed by atoms with Crippen molar-refractivity contribution in [2.75, 3.05) is 5.43 Å². The number of aromatic nitrogens is 3. The van der Waals surface area contributed by atoms with Crippen molar-refractivity contribution in [1.82, 2.24) is 20.1 Å². The fourth-order valence-electron chi connectivity index (χ4n) is 1.87. The molecule has 20 heavy (non-hydrogen) atoms. The van der Waals surface area contributed by atoms with Crippen LogP contribution in [0.3, 0.4) is 0 Å². The first-order valence-corrected chi connectivity index (χ1v) is 6.11. The molecule has 0 fully saturated rings. The van der Waals surface area contributed by atoms with E-state index in [2.05, 4.69) is 20.9 Å². The molecule has 0 radical (unpaired) electrons. The Morgan fingerprint density at radius 1 is 1.40 bits per heavy atom. The first-order chi connectivity index (χ1) is 9.72. The maximum Gasteiger partial charge on any atom is 0.334 e. The lowest BCUT2D eigenvalue weighted by Gasteiger charge is -2.07. The van der Waals surface area contributed by atoms with Crippen LogP contribution in [-0.2, 0) is 6.54 Å². The molecule has 0 saturated heterocycles. The first-order valence-electron chi connectivity index (χ1n) is 6.11. The fourth-order valence-corrected chi connectivity index (χ4v) is 1.87. The molecule has 7 heteroatoms. The third-order valence-electron chi connectivity index (χ3n) is 2.78. The summed E-state index contributed by atoms with van der Waals surface area (Å²) < 4.78 is 6.49. The zero-order valence-electron chi connectivity index (χ0n) is 10.8. The van der Waals surface area contributed by atoms with Crippen LogP contribution < -0.4 is 10.7 Å². The SMILES string of the molecule is Cc1cc(CNC(=O)Nn2cnc3ccccc32)no1. The minimum atomic E-state index is -0.339. The van der Waals surface area contributed by atoms with Gasteiger partial charge >= 0.3 is 6.03 Å². The molecule has 0 unspecified atom stereocenters. The molecule has 0 spiro atoms. The number of nitrogens with zero attached hydrogens (tertiary/aromatic N) is 3. The van der Waals surface area contributed by atoms with Crippen molar-refractivity contribution in [1.29, 1.82) is 0 Å². The van der Waals surface area contributed by atoms with Gasteiger partial charge in [-0.15, -0.1) is 0 Å². The van der Waals surface area contributed by atoms with Gasteiger partial charge in [0, 0.05) is 6.07 Å². The summed E-state index contributed by atoms with van der Waals surface area (Å²) in [5.74, 6) is 0.711. The largest absolute Gasteiger partial charge is 0.361 e. The van der Waals surface area contributed by atoms with Crippen molar-refractivity contribution in [2.45, 2.75) is 13.5 Å². The third-order valence-corrected chi connectivity index (χ3v) is 2.78. The molecule has 2 heterocycles. The number of amides is 2. The van der Waals surface area contributed by atoms with Crippen LogP contribution in [0, 0.1) is 6.92 Å². The molecule has 0 aliphatic rings. The van der Waals surface area contributed by atoms with E-state index in [1.165, 1.54) is 0 Å². The number of imidazole rings is 1. The summed E-state index contributed by atoms with van der Waals surface area (Å²) in [5.41, 5.74) is 5.01. The van der Waals surface area contributed by atoms with Gasteiger partial charge in [0.05, 0.1) is 17.6 Å². The van der Waals surface area contributed by atoms with Gasteiger partial charge < -0.3 is 9.84 Å². The Balaban J connectivity index is 1.64. The van der Waals surface area contributed by atoms with Gasteiger partial charge in [0.25, 0.3) is 0 Å². The zero-order chi connectivity index (χ0) is 13.9. The molecule has 102 valence electrons. The Kier molecular flexibility index (Phi) is 3.08. The fraction of sp³-hybridized carbons (Fsp3) is 0.154. The van der Waals surface area contributed by atoms with Gasteiger partial charge in [-0.05, 0) is 19.1 Å². The van der Waals surface area contributed by atoms with E-state index in [1.807, 2.05) is 24.3 Å². The standard InChI is InChI=1S/C13H13N5O2/c1-9-6-10(17-20-9)7-14-13(19)16-18-8-15-11-4-2-3-5-12(11)18/h2-6,8H,7H2,1H3,(H2,14,16,19). The van der Waals surface area contributed by atoms with E-state index in [0.717, 1.165) is 11.0 Å². The van der Waals surface area contributed by atoms with Crippen LogP contribution in [0.5, 0.6) is 0 Å². The Morgan fingerprint density at radius 2 is 2.25 bits per heavy atom. The van der Waals surface area contributed by atoms with E-state index in [9.17, 15) is 4.79 Å². The highest BCUT2D eigenvalue weighted by molar-refractivity contribution is 5.84. The van der Waals surface area contributed by atoms with E-state index in [0.29, 0.717) is 18.0 Å². The molecule has 0 aliphatic heterocycles. The van der Waals surface area contributed by atoms with Crippen molar-refractivity contribution >= 4 is 17.1 Å². The van der Waals surface area contributed by atoms with Crippen molar-refractivity contribution in [3.63, 3.8) is 0 Å². The van der Waals surface area contributed by atoms with Gasteiger partial charge in [0.2, 0.25) is 0 Å². The van der Waals surface area contributed by atoms with Gasteiger partial charge in [0.15, 0.2) is 0 Å². The number of rotatable bonds is 3. The summed E-state index contributed by atoms with van der Waals surface area (Å²) in [6, 6.07) is 8.97. The molecule has 0 bridgehead atoms. The average molecular weight is 271 g/mol. The van der Waals surface area contributed by atoms with Crippen LogP contribution in [0.4, 0.5) is 4.79 Å². The lowest BCUT2D eigenvalue weighted by atomic mass is 10.3. The highest BCUT2D eigenvalue weighted by Crippen LogP contribution is 2.09. The second-order valence-electron chi connectivity index (χ2n) is 4.33. The summed E-state index contributed by atoms with van der Waals surface area (Å²) in [7, 11) is 0. The highest BCUT2D eigenvalue weighted by Gasteiger charge is 2.06. The maximum absolute atomic E-state index is 11.8. The molecule has 0 saturated carbocycles. The summed E-state index contributed by atoms with van der Waals surface area (Å²) in [5, 5.41) is 6.49. The Hall–Kier alpha value is -2.83. The maximum atomic E-state index is 11.8. The molecular formula is C13H13N5O2. The molecule has 3 rings (SSSR count). The number of aryl methyl sites for hydroxylation is 1. The van der Waals surface area contributed by atoms with Gasteiger partial charge in [-0.2, -0.15) is 0 Å². The number of urea groups is 1. The lowest BCUT2D eigenvalue weighted by molar-refractivity contribution is 0.249. The van der Waals surface area contributed by atoms with Crippen LogP contribution in [0.1, 0.15) is 11.5 Å². The number of hydrogen-bond acceptors (Lipinski definition) is 4. The van der Waals surface area contributed by atoms with Crippen LogP contribution in [0.25, 0.3) is 11.0 Å². The van der Waals surface area contributed by atoms with E-state index in [1.54, 1.807) is 24.0 Å². The molecule has 0 aliphatic carbocycles. The van der Waals surface area contributed by atoms with Crippen LogP contribution in [0.15, 0.2) is 41.2 Å². The number of carbonyl (C=O) groups excluding carboxylic acids is 1. The molecule has 1 aromatic carbocycles. The predicted octanol–water partition coefficient (Wildman–Crippen LogP) is 1.79. The Labute approximate surface area is 114 Å². The molecule has 7 nitrogen and oxygen atoms in total. The van der Waals surface area contributed by atoms with E-state index in [4.69, 9.17) is 4.52 Å². The van der Waals surface area contributed by atoms with Crippen molar-refractivity contribution in [2.24, 2.45) is 0 Å². The number of nitrogens with one attached hydrogen (secondary N) is 2. The van der Waals surface area contributed by atoms with Crippen molar-refractivity contribution in [3.05, 3.63) is 48.1 Å². The Morgan fingerprint density at radius 3 is 3.05 bits per heavy atom. The second kappa shape index (κ2) is 5.04. The van der Waals surface area contributed by atoms with Gasteiger partial charge in [-0.1, -0.05) is 17.3 Å². The number of carbonyl (C=O) groups is 1. The van der Waals surface area contributed by atoms with Crippen molar-refractivity contribution < 1.29 is 9.32 Å². The second-order valence-corrected chi connectivity index (χ2v) is 4.33. The smallest absolute Gasteiger partial charge is 0.334 e. The van der Waals surface area contributed by atoms with E-state index < -0.39 is 0 Å². The molecule has 2 N–H and O–H groups in total. The summed E-state index contributed by atoms with van der Waals surface area (Å²) >= 11 is 0. The Bertz CT molecular complexity index is 746. The normalized spacial score (nSPS) is 10.7. The summed E-state index contributed by atoms with van der Waals surface area (Å²) in [6.07, 6.45) is 1.56. The monoisotopic (exact) mass is 271 g/mol. The average Bonchev–Trinajstić information content (AvgIpc) is 3.04. The third kappa shape index (κ3) is 2.46. The minimum Gasteiger partial charge on any atom is -0.361 e. The van der Waals surface area contributed by atoms with Crippen LogP contribution >= 0.6 is 0 Å².